The summed E-state index contributed by atoms with van der Waals surface area (Å²) in [5, 5.41) is 2.84. The van der Waals surface area contributed by atoms with Crippen LogP contribution in [-0.4, -0.2) is 15.9 Å². The molecule has 30 heavy (non-hydrogen) atoms. The molecule has 4 aromatic rings. The summed E-state index contributed by atoms with van der Waals surface area (Å²) in [6, 6.07) is 21.8. The lowest BCUT2D eigenvalue weighted by molar-refractivity contribution is 0.102. The lowest BCUT2D eigenvalue weighted by Gasteiger charge is -2.09. The van der Waals surface area contributed by atoms with E-state index in [1.54, 1.807) is 48.5 Å². The van der Waals surface area contributed by atoms with Gasteiger partial charge in [0.25, 0.3) is 5.91 Å². The molecule has 4 rings (SSSR count). The molecule has 5 nitrogen and oxygen atoms in total. The van der Waals surface area contributed by atoms with Crippen LogP contribution in [0.1, 0.15) is 10.4 Å². The molecule has 148 valence electrons. The number of hydrogen-bond acceptors (Lipinski definition) is 4. The highest BCUT2D eigenvalue weighted by molar-refractivity contribution is 9.10. The molecule has 3 aromatic carbocycles. The van der Waals surface area contributed by atoms with Crippen LogP contribution in [-0.2, 0) is 0 Å². The minimum atomic E-state index is -0.317. The molecule has 1 aromatic heterocycles. The molecule has 0 saturated carbocycles. The summed E-state index contributed by atoms with van der Waals surface area (Å²) >= 11 is 3.38. The van der Waals surface area contributed by atoms with E-state index in [1.165, 1.54) is 18.5 Å². The van der Waals surface area contributed by atoms with Crippen molar-refractivity contribution >= 4 is 27.5 Å². The van der Waals surface area contributed by atoms with Gasteiger partial charge in [0.2, 0.25) is 5.88 Å². The van der Waals surface area contributed by atoms with Gasteiger partial charge in [0.05, 0.1) is 5.69 Å². The fourth-order valence-electron chi connectivity index (χ4n) is 2.76. The van der Waals surface area contributed by atoms with Crippen molar-refractivity contribution in [2.45, 2.75) is 0 Å². The Morgan fingerprint density at radius 2 is 1.73 bits per heavy atom. The first kappa shape index (κ1) is 19.7. The smallest absolute Gasteiger partial charge is 0.255 e. The lowest BCUT2D eigenvalue weighted by Crippen LogP contribution is -2.11. The molecule has 0 aliphatic heterocycles. The third-order valence-corrected chi connectivity index (χ3v) is 4.68. The minimum absolute atomic E-state index is 0.256. The molecule has 0 spiro atoms. The molecule has 7 heteroatoms. The van der Waals surface area contributed by atoms with Gasteiger partial charge in [-0.25, -0.2) is 14.4 Å². The van der Waals surface area contributed by atoms with E-state index in [9.17, 15) is 9.18 Å². The number of benzene rings is 3. The molecule has 0 unspecified atom stereocenters. The molecule has 0 aliphatic carbocycles. The number of nitrogens with zero attached hydrogens (tertiary/aromatic N) is 2. The molecule has 1 heterocycles. The maximum atomic E-state index is 13.1. The summed E-state index contributed by atoms with van der Waals surface area (Å²) in [5.41, 5.74) is 2.47. The first-order valence-corrected chi connectivity index (χ1v) is 9.79. The highest BCUT2D eigenvalue weighted by atomic mass is 79.9. The fourth-order valence-corrected chi connectivity index (χ4v) is 3.16. The maximum absolute atomic E-state index is 13.1. The van der Waals surface area contributed by atoms with Gasteiger partial charge in [-0.15, -0.1) is 0 Å². The molecule has 0 atom stereocenters. The SMILES string of the molecule is O=C(Nc1cccc(Br)c1)c1cccc(Oc2cc(-c3ccc(F)cc3)ncn2)c1. The van der Waals surface area contributed by atoms with Gasteiger partial charge < -0.3 is 10.1 Å². The van der Waals surface area contributed by atoms with Crippen molar-refractivity contribution in [1.82, 2.24) is 9.97 Å². The van der Waals surface area contributed by atoms with Gasteiger partial charge in [-0.3, -0.25) is 4.79 Å². The van der Waals surface area contributed by atoms with Crippen molar-refractivity contribution in [2.24, 2.45) is 0 Å². The molecule has 0 radical (unpaired) electrons. The monoisotopic (exact) mass is 463 g/mol. The summed E-state index contributed by atoms with van der Waals surface area (Å²) in [5.74, 6) is 0.199. The Morgan fingerprint density at radius 1 is 0.933 bits per heavy atom. The summed E-state index contributed by atoms with van der Waals surface area (Å²) < 4.78 is 19.8. The van der Waals surface area contributed by atoms with E-state index in [0.29, 0.717) is 28.6 Å². The minimum Gasteiger partial charge on any atom is -0.439 e. The molecule has 0 bridgehead atoms. The number of rotatable bonds is 5. The van der Waals surface area contributed by atoms with Crippen LogP contribution >= 0.6 is 15.9 Å². The van der Waals surface area contributed by atoms with Gasteiger partial charge in [-0.1, -0.05) is 28.1 Å². The average Bonchev–Trinajstić information content (AvgIpc) is 2.75. The normalized spacial score (nSPS) is 10.5. The number of amides is 1. The van der Waals surface area contributed by atoms with Crippen molar-refractivity contribution in [3.63, 3.8) is 0 Å². The maximum Gasteiger partial charge on any atom is 0.255 e. The van der Waals surface area contributed by atoms with Crippen molar-refractivity contribution in [3.8, 4) is 22.9 Å². The standard InChI is InChI=1S/C23H15BrFN3O2/c24-17-4-2-5-19(12-17)28-23(29)16-3-1-6-20(11-16)30-22-13-21(26-14-27-22)15-7-9-18(25)10-8-15/h1-14H,(H,28,29). The zero-order valence-electron chi connectivity index (χ0n) is 15.5. The number of ether oxygens (including phenoxy) is 1. The van der Waals surface area contributed by atoms with Crippen molar-refractivity contribution in [1.29, 1.82) is 0 Å². The van der Waals surface area contributed by atoms with Gasteiger partial charge in [0, 0.05) is 27.4 Å². The molecule has 0 saturated heterocycles. The zero-order chi connectivity index (χ0) is 20.9. The predicted octanol–water partition coefficient (Wildman–Crippen LogP) is 6.09. The molecule has 0 fully saturated rings. The number of carbonyl (C=O) groups is 1. The van der Waals surface area contributed by atoms with Gasteiger partial charge in [-0.2, -0.15) is 0 Å². The van der Waals surface area contributed by atoms with Crippen LogP contribution in [0.3, 0.4) is 0 Å². The summed E-state index contributed by atoms with van der Waals surface area (Å²) in [6.45, 7) is 0. The number of carbonyl (C=O) groups excluding carboxylic acids is 1. The molecule has 0 aliphatic rings. The van der Waals surface area contributed by atoms with Crippen LogP contribution in [0.5, 0.6) is 11.6 Å². The first-order chi connectivity index (χ1) is 14.6. The number of hydrogen-bond donors (Lipinski definition) is 1. The van der Waals surface area contributed by atoms with Crippen LogP contribution in [0.25, 0.3) is 11.3 Å². The highest BCUT2D eigenvalue weighted by Crippen LogP contribution is 2.25. The molecule has 1 N–H and O–H groups in total. The Bertz CT molecular complexity index is 1200. The van der Waals surface area contributed by atoms with Crippen molar-refractivity contribution in [3.05, 3.63) is 101 Å². The van der Waals surface area contributed by atoms with E-state index in [1.807, 2.05) is 18.2 Å². The molecular weight excluding hydrogens is 449 g/mol. The van der Waals surface area contributed by atoms with Crippen LogP contribution in [0, 0.1) is 5.82 Å². The topological polar surface area (TPSA) is 64.1 Å². The van der Waals surface area contributed by atoms with E-state index in [-0.39, 0.29) is 11.7 Å². The third-order valence-electron chi connectivity index (χ3n) is 4.18. The Balaban J connectivity index is 1.51. The second-order valence-electron chi connectivity index (χ2n) is 6.34. The van der Waals surface area contributed by atoms with Crippen LogP contribution in [0.2, 0.25) is 0 Å². The molecular formula is C23H15BrFN3O2. The van der Waals surface area contributed by atoms with E-state index in [2.05, 4.69) is 31.2 Å². The van der Waals surface area contributed by atoms with Crippen LogP contribution < -0.4 is 10.1 Å². The van der Waals surface area contributed by atoms with Crippen LogP contribution in [0.15, 0.2) is 89.7 Å². The Labute approximate surface area is 180 Å². The van der Waals surface area contributed by atoms with E-state index in [4.69, 9.17) is 4.74 Å². The molecule has 1 amide bonds. The van der Waals surface area contributed by atoms with Crippen molar-refractivity contribution < 1.29 is 13.9 Å². The highest BCUT2D eigenvalue weighted by Gasteiger charge is 2.09. The Kier molecular flexibility index (Phi) is 5.81. The number of anilines is 1. The zero-order valence-corrected chi connectivity index (χ0v) is 17.1. The Morgan fingerprint density at radius 3 is 2.53 bits per heavy atom. The van der Waals surface area contributed by atoms with E-state index >= 15 is 0 Å². The van der Waals surface area contributed by atoms with Gasteiger partial charge in [0.15, 0.2) is 0 Å². The number of halogens is 2. The third kappa shape index (κ3) is 4.87. The first-order valence-electron chi connectivity index (χ1n) is 9.00. The second kappa shape index (κ2) is 8.84. The quantitative estimate of drug-likeness (QED) is 0.388. The van der Waals surface area contributed by atoms with Crippen LogP contribution in [0.4, 0.5) is 10.1 Å². The van der Waals surface area contributed by atoms with Crippen molar-refractivity contribution in [2.75, 3.05) is 5.32 Å². The van der Waals surface area contributed by atoms with E-state index in [0.717, 1.165) is 10.0 Å². The van der Waals surface area contributed by atoms with E-state index < -0.39 is 0 Å². The second-order valence-corrected chi connectivity index (χ2v) is 7.26. The van der Waals surface area contributed by atoms with Gasteiger partial charge >= 0.3 is 0 Å². The largest absolute Gasteiger partial charge is 0.439 e. The number of nitrogens with one attached hydrogen (secondary N) is 1. The number of aromatic nitrogens is 2. The van der Waals surface area contributed by atoms with Gasteiger partial charge in [0.1, 0.15) is 17.9 Å². The Hall–Kier alpha value is -3.58. The summed E-state index contributed by atoms with van der Waals surface area (Å²) in [7, 11) is 0. The summed E-state index contributed by atoms with van der Waals surface area (Å²) in [6.07, 6.45) is 1.37. The summed E-state index contributed by atoms with van der Waals surface area (Å²) in [4.78, 5) is 20.9. The van der Waals surface area contributed by atoms with Gasteiger partial charge in [-0.05, 0) is 60.7 Å². The fraction of sp³-hybridized carbons (Fsp3) is 0. The predicted molar refractivity (Wildman–Crippen MR) is 116 cm³/mol. The average molecular weight is 464 g/mol. The lowest BCUT2D eigenvalue weighted by atomic mass is 10.1.